The van der Waals surface area contributed by atoms with Crippen molar-refractivity contribution >= 4 is 44.7 Å². The standard InChI is InChI=1S/C30H25ClN2O5S/c31-23-12-17-27(26(19-23)30(35)22-8-2-1-3-9-22)32-29(34)20-38-24-13-15-25(16-14-24)39(36,37)33-18-6-10-21-7-4-5-11-28(21)33/h1-5,7-9,11-17,19H,6,10,18,20H2,(H,32,34). The molecular weight excluding hydrogens is 536 g/mol. The highest BCUT2D eigenvalue weighted by Crippen LogP contribution is 2.32. The van der Waals surface area contributed by atoms with Crippen molar-refractivity contribution in [2.24, 2.45) is 0 Å². The Kier molecular flexibility index (Phi) is 7.67. The summed E-state index contributed by atoms with van der Waals surface area (Å²) in [6.07, 6.45) is 1.59. The molecule has 0 unspecified atom stereocenters. The van der Waals surface area contributed by atoms with Crippen molar-refractivity contribution in [3.63, 3.8) is 0 Å². The summed E-state index contributed by atoms with van der Waals surface area (Å²) in [5.74, 6) is -0.427. The molecule has 1 heterocycles. The quantitative estimate of drug-likeness (QED) is 0.278. The fourth-order valence-corrected chi connectivity index (χ4v) is 6.19. The number of aryl methyl sites for hydroxylation is 1. The van der Waals surface area contributed by atoms with Crippen molar-refractivity contribution in [1.29, 1.82) is 0 Å². The molecule has 4 aromatic carbocycles. The maximum Gasteiger partial charge on any atom is 0.264 e. The van der Waals surface area contributed by atoms with Crippen LogP contribution in [-0.4, -0.2) is 33.3 Å². The monoisotopic (exact) mass is 560 g/mol. The summed E-state index contributed by atoms with van der Waals surface area (Å²) in [7, 11) is -3.75. The first-order valence-electron chi connectivity index (χ1n) is 12.4. The van der Waals surface area contributed by atoms with E-state index in [-0.39, 0.29) is 22.8 Å². The lowest BCUT2D eigenvalue weighted by molar-refractivity contribution is -0.118. The molecule has 198 valence electrons. The number of para-hydroxylation sites is 1. The summed E-state index contributed by atoms with van der Waals surface area (Å²) in [5, 5.41) is 3.07. The van der Waals surface area contributed by atoms with Crippen LogP contribution < -0.4 is 14.4 Å². The maximum absolute atomic E-state index is 13.3. The van der Waals surface area contributed by atoms with Gasteiger partial charge in [-0.2, -0.15) is 0 Å². The highest BCUT2D eigenvalue weighted by Gasteiger charge is 2.28. The van der Waals surface area contributed by atoms with Crippen LogP contribution in [0.1, 0.15) is 27.9 Å². The van der Waals surface area contributed by atoms with E-state index < -0.39 is 15.9 Å². The SMILES string of the molecule is O=C(COc1ccc(S(=O)(=O)N2CCCc3ccccc32)cc1)Nc1ccc(Cl)cc1C(=O)c1ccccc1. The second-order valence-corrected chi connectivity index (χ2v) is 11.3. The first kappa shape index (κ1) is 26.5. The third-order valence-electron chi connectivity index (χ3n) is 6.39. The number of rotatable bonds is 8. The van der Waals surface area contributed by atoms with Gasteiger partial charge in [-0.05, 0) is 66.9 Å². The van der Waals surface area contributed by atoms with Crippen LogP contribution >= 0.6 is 11.6 Å². The zero-order valence-corrected chi connectivity index (χ0v) is 22.4. The van der Waals surface area contributed by atoms with Crippen molar-refractivity contribution in [3.8, 4) is 5.75 Å². The predicted octanol–water partition coefficient (Wildman–Crippen LogP) is 5.73. The van der Waals surface area contributed by atoms with Gasteiger partial charge in [0.15, 0.2) is 12.4 Å². The van der Waals surface area contributed by atoms with E-state index >= 15 is 0 Å². The van der Waals surface area contributed by atoms with Crippen molar-refractivity contribution < 1.29 is 22.7 Å². The van der Waals surface area contributed by atoms with Crippen LogP contribution in [0.2, 0.25) is 5.02 Å². The number of anilines is 2. The lowest BCUT2D eigenvalue weighted by atomic mass is 10.0. The summed E-state index contributed by atoms with van der Waals surface area (Å²) < 4.78 is 33.7. The van der Waals surface area contributed by atoms with Crippen LogP contribution in [0.3, 0.4) is 0 Å². The largest absolute Gasteiger partial charge is 0.484 e. The Morgan fingerprint density at radius 1 is 0.897 bits per heavy atom. The Balaban J connectivity index is 1.25. The zero-order valence-electron chi connectivity index (χ0n) is 20.8. The Morgan fingerprint density at radius 2 is 1.62 bits per heavy atom. The predicted molar refractivity (Wildman–Crippen MR) is 151 cm³/mol. The molecule has 0 saturated carbocycles. The Bertz CT molecular complexity index is 1620. The molecule has 0 spiro atoms. The minimum Gasteiger partial charge on any atom is -0.484 e. The van der Waals surface area contributed by atoms with Crippen LogP contribution in [0, 0.1) is 0 Å². The number of benzene rings is 4. The molecule has 0 saturated heterocycles. The van der Waals surface area contributed by atoms with Crippen LogP contribution in [0.4, 0.5) is 11.4 Å². The molecule has 1 aliphatic rings. The minimum atomic E-state index is -3.75. The van der Waals surface area contributed by atoms with Gasteiger partial charge in [0.1, 0.15) is 5.75 Å². The van der Waals surface area contributed by atoms with Gasteiger partial charge in [0.05, 0.1) is 16.3 Å². The van der Waals surface area contributed by atoms with Gasteiger partial charge in [0.2, 0.25) is 0 Å². The first-order chi connectivity index (χ1) is 18.8. The van der Waals surface area contributed by atoms with E-state index in [0.29, 0.717) is 34.3 Å². The van der Waals surface area contributed by atoms with E-state index in [0.717, 1.165) is 18.4 Å². The number of ketones is 1. The van der Waals surface area contributed by atoms with Crippen molar-refractivity contribution in [2.45, 2.75) is 17.7 Å². The third-order valence-corrected chi connectivity index (χ3v) is 8.45. The molecule has 39 heavy (non-hydrogen) atoms. The summed E-state index contributed by atoms with van der Waals surface area (Å²) >= 11 is 6.11. The average molecular weight is 561 g/mol. The molecule has 1 aliphatic heterocycles. The van der Waals surface area contributed by atoms with Crippen molar-refractivity contribution in [3.05, 3.63) is 119 Å². The summed E-state index contributed by atoms with van der Waals surface area (Å²) in [4.78, 5) is 25.8. The van der Waals surface area contributed by atoms with Gasteiger partial charge in [0.25, 0.3) is 15.9 Å². The molecular formula is C30H25ClN2O5S. The lowest BCUT2D eigenvalue weighted by Gasteiger charge is -2.30. The second-order valence-electron chi connectivity index (χ2n) is 9.00. The topological polar surface area (TPSA) is 92.8 Å². The number of carbonyl (C=O) groups excluding carboxylic acids is 2. The van der Waals surface area contributed by atoms with Crippen LogP contribution in [-0.2, 0) is 21.2 Å². The molecule has 0 bridgehead atoms. The van der Waals surface area contributed by atoms with Crippen LogP contribution in [0.15, 0.2) is 102 Å². The van der Waals surface area contributed by atoms with E-state index in [2.05, 4.69) is 5.32 Å². The first-order valence-corrected chi connectivity index (χ1v) is 14.2. The van der Waals surface area contributed by atoms with Crippen LogP contribution in [0.5, 0.6) is 5.75 Å². The lowest BCUT2D eigenvalue weighted by Crippen LogP contribution is -2.35. The molecule has 1 amide bonds. The van der Waals surface area contributed by atoms with Gasteiger partial charge >= 0.3 is 0 Å². The zero-order chi connectivity index (χ0) is 27.4. The number of nitrogens with one attached hydrogen (secondary N) is 1. The molecule has 5 rings (SSSR count). The molecule has 0 aliphatic carbocycles. The number of carbonyl (C=O) groups is 2. The number of fused-ring (bicyclic) bond motifs is 1. The van der Waals surface area contributed by atoms with Crippen molar-refractivity contribution in [1.82, 2.24) is 0 Å². The van der Waals surface area contributed by atoms with E-state index in [1.165, 1.54) is 34.6 Å². The van der Waals surface area contributed by atoms with Crippen molar-refractivity contribution in [2.75, 3.05) is 22.8 Å². The number of amides is 1. The number of halogens is 1. The smallest absolute Gasteiger partial charge is 0.264 e. The van der Waals surface area contributed by atoms with Gasteiger partial charge in [-0.3, -0.25) is 13.9 Å². The number of hydrogen-bond acceptors (Lipinski definition) is 5. The van der Waals surface area contributed by atoms with E-state index in [4.69, 9.17) is 16.3 Å². The molecule has 0 aromatic heterocycles. The summed E-state index contributed by atoms with van der Waals surface area (Å²) in [6, 6.07) is 26.8. The molecule has 0 radical (unpaired) electrons. The van der Waals surface area contributed by atoms with Gasteiger partial charge in [-0.15, -0.1) is 0 Å². The second kappa shape index (κ2) is 11.3. The average Bonchev–Trinajstić information content (AvgIpc) is 2.97. The van der Waals surface area contributed by atoms with E-state index in [1.54, 1.807) is 36.4 Å². The number of nitrogens with zero attached hydrogens (tertiary/aromatic N) is 1. The fraction of sp³-hybridized carbons (Fsp3) is 0.133. The Labute approximate surface area is 232 Å². The third kappa shape index (κ3) is 5.82. The maximum atomic E-state index is 13.3. The highest BCUT2D eigenvalue weighted by molar-refractivity contribution is 7.92. The molecule has 0 fully saturated rings. The van der Waals surface area contributed by atoms with Gasteiger partial charge < -0.3 is 10.1 Å². The summed E-state index contributed by atoms with van der Waals surface area (Å²) in [6.45, 7) is 0.0738. The van der Waals surface area contributed by atoms with Gasteiger partial charge in [-0.1, -0.05) is 60.1 Å². The number of hydrogen-bond donors (Lipinski definition) is 1. The molecule has 0 atom stereocenters. The minimum absolute atomic E-state index is 0.140. The number of sulfonamides is 1. The summed E-state index contributed by atoms with van der Waals surface area (Å²) in [5.41, 5.74) is 2.75. The van der Waals surface area contributed by atoms with Gasteiger partial charge in [-0.25, -0.2) is 8.42 Å². The normalized spacial score (nSPS) is 12.9. The fourth-order valence-electron chi connectivity index (χ4n) is 4.48. The van der Waals surface area contributed by atoms with E-state index in [9.17, 15) is 18.0 Å². The Morgan fingerprint density at radius 3 is 2.38 bits per heavy atom. The molecule has 7 nitrogen and oxygen atoms in total. The Hall–Kier alpha value is -4.14. The van der Waals surface area contributed by atoms with Gasteiger partial charge in [0, 0.05) is 22.7 Å². The molecule has 9 heteroatoms. The number of ether oxygens (including phenoxy) is 1. The van der Waals surface area contributed by atoms with Crippen LogP contribution in [0.25, 0.3) is 0 Å². The molecule has 4 aromatic rings. The highest BCUT2D eigenvalue weighted by atomic mass is 35.5. The van der Waals surface area contributed by atoms with E-state index in [1.807, 2.05) is 30.3 Å². The molecule has 1 N–H and O–H groups in total.